The average Bonchev–Trinajstić information content (AvgIpc) is 2.32. The second-order valence-corrected chi connectivity index (χ2v) is 5.72. The van der Waals surface area contributed by atoms with Gasteiger partial charge in [-0.15, -0.1) is 0 Å². The van der Waals surface area contributed by atoms with Crippen molar-refractivity contribution >= 4 is 0 Å². The minimum Gasteiger partial charge on any atom is -0.388 e. The summed E-state index contributed by atoms with van der Waals surface area (Å²) in [4.78, 5) is 0. The Labute approximate surface area is 108 Å². The summed E-state index contributed by atoms with van der Waals surface area (Å²) in [5.41, 5.74) is 4.36. The van der Waals surface area contributed by atoms with Gasteiger partial charge in [0.2, 0.25) is 0 Å². The summed E-state index contributed by atoms with van der Waals surface area (Å²) in [6, 6.07) is 0. The minimum atomic E-state index is -2.17. The Balaban J connectivity index is 1.86. The number of nitrogens with one attached hydrogen (secondary N) is 2. The van der Waals surface area contributed by atoms with Crippen molar-refractivity contribution in [2.75, 3.05) is 0 Å². The van der Waals surface area contributed by atoms with Gasteiger partial charge in [0, 0.05) is 12.3 Å². The first-order valence-electron chi connectivity index (χ1n) is 6.30. The van der Waals surface area contributed by atoms with Crippen LogP contribution in [0.25, 0.3) is 0 Å². The lowest BCUT2D eigenvalue weighted by atomic mass is 9.59. The highest BCUT2D eigenvalue weighted by Crippen LogP contribution is 2.54. The highest BCUT2D eigenvalue weighted by molar-refractivity contribution is 5.23. The zero-order valence-electron chi connectivity index (χ0n) is 9.93. The Hall–Kier alpha value is -0.360. The molecular formula is C10H17N3O6. The van der Waals surface area contributed by atoms with Gasteiger partial charge in [-0.2, -0.15) is 0 Å². The molecule has 8 N–H and O–H groups in total. The Bertz CT molecular complexity index is 426. The summed E-state index contributed by atoms with van der Waals surface area (Å²) in [7, 11) is 0. The topological polar surface area (TPSA) is 149 Å². The molecule has 0 amide bonds. The SMILES string of the molecule is NC1NC(O)C2C3CC4OC(O)(O3)C(O)C2(N1)C4O. The standard InChI is InChI=1S/C10H17N3O6/c11-8-12-6(15)4-2-1-3-5(14)9(4,13-8)7(16)10(17,18-2)19-3/h2-8,12-17H,1,11H2. The van der Waals surface area contributed by atoms with E-state index in [1.807, 2.05) is 0 Å². The van der Waals surface area contributed by atoms with E-state index in [-0.39, 0.29) is 0 Å². The van der Waals surface area contributed by atoms with Crippen molar-refractivity contribution in [1.29, 1.82) is 0 Å². The first-order valence-corrected chi connectivity index (χ1v) is 6.30. The number of hydrogen-bond acceptors (Lipinski definition) is 9. The van der Waals surface area contributed by atoms with E-state index in [1.165, 1.54) is 0 Å². The molecule has 5 rings (SSSR count). The largest absolute Gasteiger partial charge is 0.388 e. The summed E-state index contributed by atoms with van der Waals surface area (Å²) < 4.78 is 10.5. The van der Waals surface area contributed by atoms with Crippen LogP contribution in [0.1, 0.15) is 6.42 Å². The number of hydrogen-bond donors (Lipinski definition) is 7. The van der Waals surface area contributed by atoms with Gasteiger partial charge in [0.15, 0.2) is 6.10 Å². The summed E-state index contributed by atoms with van der Waals surface area (Å²) in [6.07, 6.45) is -5.43. The van der Waals surface area contributed by atoms with Crippen molar-refractivity contribution in [3.05, 3.63) is 0 Å². The van der Waals surface area contributed by atoms with Crippen LogP contribution in [0.15, 0.2) is 0 Å². The molecule has 5 aliphatic rings. The molecule has 9 atom stereocenters. The van der Waals surface area contributed by atoms with Crippen LogP contribution in [0.2, 0.25) is 0 Å². The molecule has 9 unspecified atom stereocenters. The zero-order chi connectivity index (χ0) is 13.6. The van der Waals surface area contributed by atoms with E-state index < -0.39 is 54.4 Å². The van der Waals surface area contributed by atoms with E-state index in [0.29, 0.717) is 6.42 Å². The molecule has 9 nitrogen and oxygen atoms in total. The quantitative estimate of drug-likeness (QED) is 0.233. The highest BCUT2D eigenvalue weighted by Gasteiger charge is 2.76. The first kappa shape index (κ1) is 12.4. The molecule has 0 aromatic rings. The van der Waals surface area contributed by atoms with Gasteiger partial charge in [-0.05, 0) is 0 Å². The Kier molecular flexibility index (Phi) is 2.25. The number of nitrogens with two attached hydrogens (primary N) is 1. The molecule has 4 aliphatic heterocycles. The second-order valence-electron chi connectivity index (χ2n) is 5.72. The van der Waals surface area contributed by atoms with Crippen LogP contribution in [0.5, 0.6) is 0 Å². The van der Waals surface area contributed by atoms with Gasteiger partial charge in [0.05, 0.1) is 17.7 Å². The average molecular weight is 275 g/mol. The van der Waals surface area contributed by atoms with E-state index in [0.717, 1.165) is 0 Å². The highest BCUT2D eigenvalue weighted by atomic mass is 16.8. The van der Waals surface area contributed by atoms with Crippen molar-refractivity contribution in [3.63, 3.8) is 0 Å². The van der Waals surface area contributed by atoms with Crippen LogP contribution in [-0.2, 0) is 9.47 Å². The maximum atomic E-state index is 10.4. The molecule has 1 saturated carbocycles. The smallest absolute Gasteiger partial charge is 0.310 e. The van der Waals surface area contributed by atoms with Crippen molar-refractivity contribution in [2.45, 2.75) is 54.9 Å². The summed E-state index contributed by atoms with van der Waals surface area (Å²) >= 11 is 0. The van der Waals surface area contributed by atoms with Crippen molar-refractivity contribution in [3.8, 4) is 0 Å². The van der Waals surface area contributed by atoms with Gasteiger partial charge in [0.1, 0.15) is 18.6 Å². The lowest BCUT2D eigenvalue weighted by Crippen LogP contribution is -2.93. The van der Waals surface area contributed by atoms with E-state index in [4.69, 9.17) is 15.2 Å². The van der Waals surface area contributed by atoms with E-state index in [2.05, 4.69) is 10.6 Å². The van der Waals surface area contributed by atoms with E-state index >= 15 is 0 Å². The molecule has 0 aromatic heterocycles. The fraction of sp³-hybridized carbons (Fsp3) is 1.00. The minimum absolute atomic E-state index is 0.332. The van der Waals surface area contributed by atoms with Crippen LogP contribution < -0.4 is 16.4 Å². The predicted molar refractivity (Wildman–Crippen MR) is 57.8 cm³/mol. The third-order valence-electron chi connectivity index (χ3n) is 4.79. The van der Waals surface area contributed by atoms with Gasteiger partial charge < -0.3 is 35.6 Å². The molecule has 4 saturated heterocycles. The molecule has 5 fully saturated rings. The maximum Gasteiger partial charge on any atom is 0.310 e. The summed E-state index contributed by atoms with van der Waals surface area (Å²) in [6.45, 7) is 0. The van der Waals surface area contributed by atoms with E-state index in [1.54, 1.807) is 0 Å². The number of aliphatic hydroxyl groups is 4. The zero-order valence-corrected chi connectivity index (χ0v) is 9.93. The van der Waals surface area contributed by atoms with E-state index in [9.17, 15) is 20.4 Å². The molecule has 9 heteroatoms. The van der Waals surface area contributed by atoms with Crippen LogP contribution >= 0.6 is 0 Å². The number of aliphatic hydroxyl groups excluding tert-OH is 3. The molecule has 4 heterocycles. The van der Waals surface area contributed by atoms with Gasteiger partial charge >= 0.3 is 5.97 Å². The Morgan fingerprint density at radius 2 is 1.84 bits per heavy atom. The molecule has 1 aliphatic carbocycles. The molecule has 19 heavy (non-hydrogen) atoms. The fourth-order valence-electron chi connectivity index (χ4n) is 4.11. The van der Waals surface area contributed by atoms with Gasteiger partial charge in [-0.25, -0.2) is 0 Å². The first-order chi connectivity index (χ1) is 8.88. The molecule has 1 spiro atoms. The third-order valence-corrected chi connectivity index (χ3v) is 4.79. The molecule has 4 bridgehead atoms. The second kappa shape index (κ2) is 3.45. The fourth-order valence-corrected chi connectivity index (χ4v) is 4.11. The maximum absolute atomic E-state index is 10.4. The normalized spacial score (nSPS) is 67.1. The third kappa shape index (κ3) is 1.25. The molecule has 0 radical (unpaired) electrons. The number of rotatable bonds is 0. The van der Waals surface area contributed by atoms with Crippen molar-refractivity contribution in [2.24, 2.45) is 11.7 Å². The summed E-state index contributed by atoms with van der Waals surface area (Å²) in [5.74, 6) is -2.81. The van der Waals surface area contributed by atoms with Crippen LogP contribution in [-0.4, -0.2) is 68.9 Å². The van der Waals surface area contributed by atoms with Crippen LogP contribution in [0.3, 0.4) is 0 Å². The van der Waals surface area contributed by atoms with Crippen molar-refractivity contribution in [1.82, 2.24) is 10.6 Å². The lowest BCUT2D eigenvalue weighted by Gasteiger charge is -2.69. The van der Waals surface area contributed by atoms with Gasteiger partial charge in [0.25, 0.3) is 0 Å². The lowest BCUT2D eigenvalue weighted by molar-refractivity contribution is -0.521. The van der Waals surface area contributed by atoms with Crippen LogP contribution in [0, 0.1) is 5.92 Å². The summed E-state index contributed by atoms with van der Waals surface area (Å²) in [5, 5.41) is 46.7. The molecular weight excluding hydrogens is 258 g/mol. The Morgan fingerprint density at radius 1 is 1.16 bits per heavy atom. The predicted octanol–water partition coefficient (Wildman–Crippen LogP) is -4.34. The van der Waals surface area contributed by atoms with Crippen LogP contribution in [0.4, 0.5) is 0 Å². The van der Waals surface area contributed by atoms with Gasteiger partial charge in [-0.1, -0.05) is 0 Å². The Morgan fingerprint density at radius 3 is 2.58 bits per heavy atom. The van der Waals surface area contributed by atoms with Gasteiger partial charge in [-0.3, -0.25) is 10.6 Å². The van der Waals surface area contributed by atoms with Crippen molar-refractivity contribution < 1.29 is 29.9 Å². The molecule has 108 valence electrons. The number of ether oxygens (including phenoxy) is 2. The molecule has 0 aromatic carbocycles. The monoisotopic (exact) mass is 275 g/mol.